The molecule has 4 nitrogen and oxygen atoms in total. The lowest BCUT2D eigenvalue weighted by Crippen LogP contribution is -2.26. The van der Waals surface area contributed by atoms with Gasteiger partial charge in [-0.1, -0.05) is 12.1 Å². The third-order valence-electron chi connectivity index (χ3n) is 2.59. The molecule has 1 aromatic carbocycles. The second kappa shape index (κ2) is 3.56. The van der Waals surface area contributed by atoms with E-state index in [1.165, 1.54) is 6.20 Å². The highest BCUT2D eigenvalue weighted by atomic mass is 16.2. The Morgan fingerprint density at radius 1 is 1.25 bits per heavy atom. The molecule has 0 bridgehead atoms. The van der Waals surface area contributed by atoms with Crippen LogP contribution in [0.1, 0.15) is 23.3 Å². The highest BCUT2D eigenvalue weighted by Gasteiger charge is 2.24. The number of hydrogen-bond donors (Lipinski definition) is 1. The maximum Gasteiger partial charge on any atom is 0.271 e. The molecule has 3 rings (SSSR count). The lowest BCUT2D eigenvalue weighted by molar-refractivity contribution is 0.0946. The molecule has 1 aromatic heterocycles. The van der Waals surface area contributed by atoms with Crippen LogP contribution in [0, 0.1) is 0 Å². The molecule has 1 aliphatic rings. The van der Waals surface area contributed by atoms with Crippen LogP contribution in [-0.2, 0) is 0 Å². The van der Waals surface area contributed by atoms with Gasteiger partial charge in [-0.3, -0.25) is 9.78 Å². The Hall–Kier alpha value is -1.97. The molecule has 0 atom stereocenters. The van der Waals surface area contributed by atoms with E-state index in [1.807, 2.05) is 24.3 Å². The number of fused-ring (bicyclic) bond motifs is 1. The van der Waals surface area contributed by atoms with Crippen LogP contribution < -0.4 is 5.32 Å². The predicted molar refractivity (Wildman–Crippen MR) is 60.0 cm³/mol. The molecule has 0 unspecified atom stereocenters. The van der Waals surface area contributed by atoms with E-state index in [2.05, 4.69) is 15.3 Å². The summed E-state index contributed by atoms with van der Waals surface area (Å²) in [5.74, 6) is -0.124. The lowest BCUT2D eigenvalue weighted by Gasteiger charge is -2.02. The number of benzene rings is 1. The number of carbonyl (C=O) groups excluding carboxylic acids is 1. The summed E-state index contributed by atoms with van der Waals surface area (Å²) in [7, 11) is 0. The van der Waals surface area contributed by atoms with Crippen molar-refractivity contribution in [2.24, 2.45) is 0 Å². The standard InChI is InChI=1S/C12H11N3O/c16-12(14-8-5-6-8)11-7-13-9-3-1-2-4-10(9)15-11/h1-4,7-8H,5-6H2,(H,14,16). The number of carbonyl (C=O) groups is 1. The van der Waals surface area contributed by atoms with Gasteiger partial charge in [-0.2, -0.15) is 0 Å². The molecule has 1 N–H and O–H groups in total. The van der Waals surface area contributed by atoms with Gasteiger partial charge in [-0.15, -0.1) is 0 Å². The quantitative estimate of drug-likeness (QED) is 0.822. The van der Waals surface area contributed by atoms with E-state index in [0.29, 0.717) is 11.7 Å². The van der Waals surface area contributed by atoms with Gasteiger partial charge in [0.1, 0.15) is 5.69 Å². The number of nitrogens with one attached hydrogen (secondary N) is 1. The Bertz CT molecular complexity index is 549. The third-order valence-corrected chi connectivity index (χ3v) is 2.59. The van der Waals surface area contributed by atoms with Crippen molar-refractivity contribution in [3.05, 3.63) is 36.2 Å². The molecule has 1 fully saturated rings. The highest BCUT2D eigenvalue weighted by Crippen LogP contribution is 2.19. The van der Waals surface area contributed by atoms with Crippen LogP contribution in [0.15, 0.2) is 30.5 Å². The molecule has 0 saturated heterocycles. The molecular weight excluding hydrogens is 202 g/mol. The first kappa shape index (κ1) is 9.27. The van der Waals surface area contributed by atoms with E-state index in [4.69, 9.17) is 0 Å². The van der Waals surface area contributed by atoms with Gasteiger partial charge in [0.2, 0.25) is 0 Å². The second-order valence-corrected chi connectivity index (χ2v) is 3.99. The fourth-order valence-electron chi connectivity index (χ4n) is 1.55. The molecule has 2 aromatic rings. The first-order valence-corrected chi connectivity index (χ1v) is 5.35. The van der Waals surface area contributed by atoms with E-state index >= 15 is 0 Å². The first-order chi connectivity index (χ1) is 7.83. The van der Waals surface area contributed by atoms with Crippen LogP contribution in [0.25, 0.3) is 11.0 Å². The van der Waals surface area contributed by atoms with Crippen molar-refractivity contribution in [3.8, 4) is 0 Å². The summed E-state index contributed by atoms with van der Waals surface area (Å²) in [5.41, 5.74) is 1.96. The maximum absolute atomic E-state index is 11.7. The van der Waals surface area contributed by atoms with Crippen LogP contribution in [-0.4, -0.2) is 21.9 Å². The minimum atomic E-state index is -0.124. The van der Waals surface area contributed by atoms with Crippen molar-refractivity contribution in [1.29, 1.82) is 0 Å². The summed E-state index contributed by atoms with van der Waals surface area (Å²) >= 11 is 0. The summed E-state index contributed by atoms with van der Waals surface area (Å²) in [6, 6.07) is 7.88. The van der Waals surface area contributed by atoms with Gasteiger partial charge in [0.25, 0.3) is 5.91 Å². The van der Waals surface area contributed by atoms with Crippen LogP contribution >= 0.6 is 0 Å². The number of para-hydroxylation sites is 2. The second-order valence-electron chi connectivity index (χ2n) is 3.99. The van der Waals surface area contributed by atoms with Crippen molar-refractivity contribution in [2.45, 2.75) is 18.9 Å². The van der Waals surface area contributed by atoms with Gasteiger partial charge in [0.15, 0.2) is 0 Å². The summed E-state index contributed by atoms with van der Waals surface area (Å²) in [4.78, 5) is 20.2. The normalized spacial score (nSPS) is 15.0. The SMILES string of the molecule is O=C(NC1CC1)c1cnc2ccccc2n1. The molecule has 80 valence electrons. The molecule has 0 spiro atoms. The number of amides is 1. The summed E-state index contributed by atoms with van der Waals surface area (Å²) in [5, 5.41) is 2.89. The van der Waals surface area contributed by atoms with Crippen molar-refractivity contribution in [3.63, 3.8) is 0 Å². The van der Waals surface area contributed by atoms with Gasteiger partial charge < -0.3 is 5.32 Å². The number of aromatic nitrogens is 2. The molecule has 16 heavy (non-hydrogen) atoms. The zero-order valence-electron chi connectivity index (χ0n) is 8.68. The van der Waals surface area contributed by atoms with Gasteiger partial charge in [0, 0.05) is 6.04 Å². The van der Waals surface area contributed by atoms with Crippen molar-refractivity contribution in [2.75, 3.05) is 0 Å². The molecule has 1 amide bonds. The minimum absolute atomic E-state index is 0.124. The van der Waals surface area contributed by atoms with E-state index < -0.39 is 0 Å². The molecule has 1 saturated carbocycles. The zero-order chi connectivity index (χ0) is 11.0. The van der Waals surface area contributed by atoms with Crippen LogP contribution in [0.3, 0.4) is 0 Å². The van der Waals surface area contributed by atoms with E-state index in [9.17, 15) is 4.79 Å². The average Bonchev–Trinajstić information content (AvgIpc) is 3.12. The lowest BCUT2D eigenvalue weighted by atomic mass is 10.3. The third kappa shape index (κ3) is 1.74. The predicted octanol–water partition coefficient (Wildman–Crippen LogP) is 1.52. The van der Waals surface area contributed by atoms with Gasteiger partial charge in [0.05, 0.1) is 17.2 Å². The van der Waals surface area contributed by atoms with Gasteiger partial charge >= 0.3 is 0 Å². The van der Waals surface area contributed by atoms with E-state index in [-0.39, 0.29) is 5.91 Å². The Kier molecular flexibility index (Phi) is 2.06. The van der Waals surface area contributed by atoms with Crippen LogP contribution in [0.4, 0.5) is 0 Å². The zero-order valence-corrected chi connectivity index (χ0v) is 8.68. The Morgan fingerprint density at radius 2 is 2.00 bits per heavy atom. The Morgan fingerprint density at radius 3 is 2.75 bits per heavy atom. The number of rotatable bonds is 2. The summed E-state index contributed by atoms with van der Waals surface area (Å²) in [6.45, 7) is 0. The molecule has 1 aliphatic carbocycles. The maximum atomic E-state index is 11.7. The largest absolute Gasteiger partial charge is 0.348 e. The monoisotopic (exact) mass is 213 g/mol. The molecule has 1 heterocycles. The fraction of sp³-hybridized carbons (Fsp3) is 0.250. The number of hydrogen-bond acceptors (Lipinski definition) is 3. The summed E-state index contributed by atoms with van der Waals surface area (Å²) in [6.07, 6.45) is 3.68. The van der Waals surface area contributed by atoms with Crippen molar-refractivity contribution >= 4 is 16.9 Å². The Labute approximate surface area is 92.7 Å². The van der Waals surface area contributed by atoms with Crippen LogP contribution in [0.5, 0.6) is 0 Å². The van der Waals surface area contributed by atoms with E-state index in [0.717, 1.165) is 23.9 Å². The van der Waals surface area contributed by atoms with Gasteiger partial charge in [-0.25, -0.2) is 4.98 Å². The molecule has 4 heteroatoms. The number of nitrogens with zero attached hydrogens (tertiary/aromatic N) is 2. The average molecular weight is 213 g/mol. The smallest absolute Gasteiger partial charge is 0.271 e. The van der Waals surface area contributed by atoms with E-state index in [1.54, 1.807) is 0 Å². The van der Waals surface area contributed by atoms with Gasteiger partial charge in [-0.05, 0) is 25.0 Å². The fourth-order valence-corrected chi connectivity index (χ4v) is 1.55. The Balaban J connectivity index is 1.94. The minimum Gasteiger partial charge on any atom is -0.348 e. The summed E-state index contributed by atoms with van der Waals surface area (Å²) < 4.78 is 0. The van der Waals surface area contributed by atoms with Crippen molar-refractivity contribution < 1.29 is 4.79 Å². The van der Waals surface area contributed by atoms with Crippen molar-refractivity contribution in [1.82, 2.24) is 15.3 Å². The molecular formula is C12H11N3O. The molecule has 0 aliphatic heterocycles. The topological polar surface area (TPSA) is 54.9 Å². The molecule has 0 radical (unpaired) electrons. The highest BCUT2D eigenvalue weighted by molar-refractivity contribution is 5.94. The first-order valence-electron chi connectivity index (χ1n) is 5.35. The van der Waals surface area contributed by atoms with Crippen LogP contribution in [0.2, 0.25) is 0 Å².